The molecule has 7 heteroatoms. The molecule has 26 heavy (non-hydrogen) atoms. The van der Waals surface area contributed by atoms with Crippen molar-refractivity contribution in [3.63, 3.8) is 0 Å². The van der Waals surface area contributed by atoms with Crippen LogP contribution in [0.3, 0.4) is 0 Å². The number of nitrogens with one attached hydrogen (secondary N) is 1. The Morgan fingerprint density at radius 3 is 1.96 bits per heavy atom. The molecule has 0 bridgehead atoms. The number of hydrogen-bond donors (Lipinski definition) is 1. The van der Waals surface area contributed by atoms with Gasteiger partial charge >= 0.3 is 0 Å². The highest BCUT2D eigenvalue weighted by Crippen LogP contribution is 2.38. The number of benzene rings is 2. The van der Waals surface area contributed by atoms with E-state index in [0.29, 0.717) is 28.4 Å². The Morgan fingerprint density at radius 2 is 1.50 bits per heavy atom. The average Bonchev–Trinajstić information content (AvgIpc) is 2.66. The van der Waals surface area contributed by atoms with Crippen molar-refractivity contribution in [2.45, 2.75) is 13.0 Å². The zero-order chi connectivity index (χ0) is 19.3. The molecule has 1 unspecified atom stereocenters. The summed E-state index contributed by atoms with van der Waals surface area (Å²) < 4.78 is 34.5. The van der Waals surface area contributed by atoms with Crippen molar-refractivity contribution in [1.82, 2.24) is 5.32 Å². The summed E-state index contributed by atoms with van der Waals surface area (Å²) in [6.45, 7) is 1.76. The molecular weight excluding hydrogens is 341 g/mol. The van der Waals surface area contributed by atoms with Crippen LogP contribution >= 0.6 is 0 Å². The predicted molar refractivity (Wildman–Crippen MR) is 94.9 cm³/mol. The summed E-state index contributed by atoms with van der Waals surface area (Å²) in [5.74, 6) is 0.459. The molecule has 0 aliphatic heterocycles. The van der Waals surface area contributed by atoms with E-state index in [1.807, 2.05) is 0 Å². The summed E-state index contributed by atoms with van der Waals surface area (Å²) in [4.78, 5) is 12.6. The van der Waals surface area contributed by atoms with Gasteiger partial charge in [-0.05, 0) is 36.8 Å². The van der Waals surface area contributed by atoms with Crippen molar-refractivity contribution in [2.24, 2.45) is 0 Å². The van der Waals surface area contributed by atoms with E-state index in [4.69, 9.17) is 18.9 Å². The monoisotopic (exact) mass is 363 g/mol. The number of halogens is 1. The smallest absolute Gasteiger partial charge is 0.252 e. The van der Waals surface area contributed by atoms with E-state index in [1.165, 1.54) is 40.6 Å². The van der Waals surface area contributed by atoms with E-state index in [1.54, 1.807) is 25.1 Å². The Kier molecular flexibility index (Phi) is 6.27. The molecule has 0 radical (unpaired) electrons. The van der Waals surface area contributed by atoms with E-state index < -0.39 is 11.9 Å². The quantitative estimate of drug-likeness (QED) is 0.817. The molecule has 0 saturated heterocycles. The molecule has 1 N–H and O–H groups in total. The molecule has 0 fully saturated rings. The van der Waals surface area contributed by atoms with Gasteiger partial charge in [0.1, 0.15) is 0 Å². The third-order valence-corrected chi connectivity index (χ3v) is 3.95. The molecule has 0 aromatic heterocycles. The van der Waals surface area contributed by atoms with Crippen LogP contribution < -0.4 is 24.3 Å². The van der Waals surface area contributed by atoms with Gasteiger partial charge < -0.3 is 24.3 Å². The summed E-state index contributed by atoms with van der Waals surface area (Å²) in [5, 5.41) is 2.82. The molecule has 0 saturated carbocycles. The summed E-state index contributed by atoms with van der Waals surface area (Å²) in [5.41, 5.74) is 0.949. The first-order valence-electron chi connectivity index (χ1n) is 7.89. The van der Waals surface area contributed by atoms with Gasteiger partial charge in [0, 0.05) is 5.56 Å². The van der Waals surface area contributed by atoms with Crippen molar-refractivity contribution >= 4 is 5.91 Å². The Morgan fingerprint density at radius 1 is 0.923 bits per heavy atom. The van der Waals surface area contributed by atoms with Gasteiger partial charge in [0.05, 0.1) is 34.5 Å². The Hall–Kier alpha value is -2.96. The van der Waals surface area contributed by atoms with Crippen LogP contribution in [0.15, 0.2) is 30.3 Å². The maximum atomic E-state index is 13.9. The topological polar surface area (TPSA) is 66.0 Å². The lowest BCUT2D eigenvalue weighted by atomic mass is 10.1. The number of carbonyl (C=O) groups excluding carboxylic acids is 1. The summed E-state index contributed by atoms with van der Waals surface area (Å²) >= 11 is 0. The molecule has 2 rings (SSSR count). The first-order chi connectivity index (χ1) is 12.4. The minimum atomic E-state index is -0.487. The van der Waals surface area contributed by atoms with Crippen molar-refractivity contribution in [2.75, 3.05) is 28.4 Å². The number of methoxy groups -OCH3 is 4. The number of carbonyl (C=O) groups is 1. The van der Waals surface area contributed by atoms with Gasteiger partial charge in [-0.2, -0.15) is 0 Å². The van der Waals surface area contributed by atoms with Gasteiger partial charge in [0.15, 0.2) is 23.1 Å². The van der Waals surface area contributed by atoms with E-state index in [2.05, 4.69) is 5.32 Å². The van der Waals surface area contributed by atoms with Gasteiger partial charge in [-0.1, -0.05) is 6.07 Å². The minimum absolute atomic E-state index is 0.150. The fraction of sp³-hybridized carbons (Fsp3) is 0.316. The first kappa shape index (κ1) is 19.4. The van der Waals surface area contributed by atoms with Gasteiger partial charge in [-0.3, -0.25) is 4.79 Å². The van der Waals surface area contributed by atoms with Gasteiger partial charge in [0.2, 0.25) is 5.75 Å². The standard InChI is InChI=1S/C19H22FNO5/c1-11(12-6-7-15(23-2)14(20)8-12)21-19(22)13-9-16(24-3)18(26-5)17(10-13)25-4/h6-11H,1-5H3,(H,21,22). The highest BCUT2D eigenvalue weighted by molar-refractivity contribution is 5.95. The molecule has 0 aliphatic carbocycles. The van der Waals surface area contributed by atoms with Crippen LogP contribution in [0.25, 0.3) is 0 Å². The third kappa shape index (κ3) is 3.99. The zero-order valence-electron chi connectivity index (χ0n) is 15.4. The minimum Gasteiger partial charge on any atom is -0.494 e. The lowest BCUT2D eigenvalue weighted by Crippen LogP contribution is -2.26. The Balaban J connectivity index is 2.25. The third-order valence-electron chi connectivity index (χ3n) is 3.95. The number of rotatable bonds is 7. The van der Waals surface area contributed by atoms with Crippen molar-refractivity contribution in [3.8, 4) is 23.0 Å². The van der Waals surface area contributed by atoms with E-state index >= 15 is 0 Å². The molecule has 1 amide bonds. The summed E-state index contributed by atoms with van der Waals surface area (Å²) in [7, 11) is 5.83. The molecule has 2 aromatic rings. The maximum absolute atomic E-state index is 13.9. The molecule has 140 valence electrons. The van der Waals surface area contributed by atoms with Gasteiger partial charge in [-0.25, -0.2) is 4.39 Å². The number of hydrogen-bond acceptors (Lipinski definition) is 5. The van der Waals surface area contributed by atoms with Crippen LogP contribution in [0.4, 0.5) is 4.39 Å². The van der Waals surface area contributed by atoms with Crippen LogP contribution in [0, 0.1) is 5.82 Å². The van der Waals surface area contributed by atoms with E-state index in [0.717, 1.165) is 0 Å². The molecule has 0 spiro atoms. The molecule has 1 atom stereocenters. The molecule has 0 aliphatic rings. The maximum Gasteiger partial charge on any atom is 0.252 e. The lowest BCUT2D eigenvalue weighted by Gasteiger charge is -2.17. The van der Waals surface area contributed by atoms with Crippen LogP contribution in [0.1, 0.15) is 28.9 Å². The van der Waals surface area contributed by atoms with Crippen LogP contribution in [-0.4, -0.2) is 34.3 Å². The largest absolute Gasteiger partial charge is 0.494 e. The van der Waals surface area contributed by atoms with Crippen LogP contribution in [0.2, 0.25) is 0 Å². The van der Waals surface area contributed by atoms with Gasteiger partial charge in [0.25, 0.3) is 5.91 Å². The fourth-order valence-corrected chi connectivity index (χ4v) is 2.53. The predicted octanol–water partition coefficient (Wildman–Crippen LogP) is 3.35. The van der Waals surface area contributed by atoms with Crippen molar-refractivity contribution in [1.29, 1.82) is 0 Å². The molecular formula is C19H22FNO5. The van der Waals surface area contributed by atoms with Crippen molar-refractivity contribution < 1.29 is 28.1 Å². The normalized spacial score (nSPS) is 11.5. The van der Waals surface area contributed by atoms with Gasteiger partial charge in [-0.15, -0.1) is 0 Å². The molecule has 0 heterocycles. The SMILES string of the molecule is COc1ccc(C(C)NC(=O)c2cc(OC)c(OC)c(OC)c2)cc1F. The van der Waals surface area contributed by atoms with E-state index in [-0.39, 0.29) is 11.7 Å². The second-order valence-corrected chi connectivity index (χ2v) is 5.50. The summed E-state index contributed by atoms with van der Waals surface area (Å²) in [6.07, 6.45) is 0. The highest BCUT2D eigenvalue weighted by atomic mass is 19.1. The van der Waals surface area contributed by atoms with Crippen molar-refractivity contribution in [3.05, 3.63) is 47.3 Å². The Bertz CT molecular complexity index is 768. The second-order valence-electron chi connectivity index (χ2n) is 5.50. The van der Waals surface area contributed by atoms with Crippen LogP contribution in [-0.2, 0) is 0 Å². The first-order valence-corrected chi connectivity index (χ1v) is 7.89. The Labute approximate surface area is 151 Å². The average molecular weight is 363 g/mol. The highest BCUT2D eigenvalue weighted by Gasteiger charge is 2.19. The lowest BCUT2D eigenvalue weighted by molar-refractivity contribution is 0.0939. The summed E-state index contributed by atoms with van der Waals surface area (Å²) in [6, 6.07) is 7.24. The second kappa shape index (κ2) is 8.42. The molecule has 2 aromatic carbocycles. The number of ether oxygens (including phenoxy) is 4. The number of amides is 1. The van der Waals surface area contributed by atoms with E-state index in [9.17, 15) is 9.18 Å². The van der Waals surface area contributed by atoms with Crippen LogP contribution in [0.5, 0.6) is 23.0 Å². The fourth-order valence-electron chi connectivity index (χ4n) is 2.53. The molecule has 6 nitrogen and oxygen atoms in total. The zero-order valence-corrected chi connectivity index (χ0v) is 15.4.